The Hall–Kier alpha value is -3.75. The molecule has 27 heavy (non-hydrogen) atoms. The molecular formula is C18H16N4O5. The number of nitro groups is 1. The van der Waals surface area contributed by atoms with Gasteiger partial charge in [0.1, 0.15) is 11.6 Å². The minimum absolute atomic E-state index is 0.0704. The molecule has 3 rings (SSSR count). The molecule has 0 aliphatic carbocycles. The number of nitrogens with one attached hydrogen (secondary N) is 1. The summed E-state index contributed by atoms with van der Waals surface area (Å²) in [5.74, 6) is 0.838. The van der Waals surface area contributed by atoms with Crippen molar-refractivity contribution in [3.05, 3.63) is 64.2 Å². The van der Waals surface area contributed by atoms with Gasteiger partial charge in [-0.05, 0) is 36.4 Å². The van der Waals surface area contributed by atoms with Crippen molar-refractivity contribution in [1.29, 1.82) is 0 Å². The summed E-state index contributed by atoms with van der Waals surface area (Å²) >= 11 is 0. The normalized spacial score (nSPS) is 13.1. The zero-order valence-corrected chi connectivity index (χ0v) is 14.4. The molecule has 0 fully saturated rings. The highest BCUT2D eigenvalue weighted by Crippen LogP contribution is 2.19. The van der Waals surface area contributed by atoms with E-state index in [1.54, 1.807) is 29.2 Å². The van der Waals surface area contributed by atoms with Crippen molar-refractivity contribution in [3.63, 3.8) is 0 Å². The molecule has 0 aromatic heterocycles. The number of amidine groups is 1. The maximum atomic E-state index is 11.9. The van der Waals surface area contributed by atoms with Gasteiger partial charge in [0.25, 0.3) is 5.69 Å². The molecule has 1 N–H and O–H groups in total. The number of carbonyl (C=O) groups is 2. The van der Waals surface area contributed by atoms with Gasteiger partial charge in [0.15, 0.2) is 0 Å². The Bertz CT molecular complexity index is 906. The third-order valence-corrected chi connectivity index (χ3v) is 3.87. The molecule has 0 spiro atoms. The Morgan fingerprint density at radius 1 is 1.15 bits per heavy atom. The van der Waals surface area contributed by atoms with Crippen molar-refractivity contribution >= 4 is 29.2 Å². The summed E-state index contributed by atoms with van der Waals surface area (Å²) in [6, 6.07) is 12.0. The molecule has 2 amide bonds. The summed E-state index contributed by atoms with van der Waals surface area (Å²) in [7, 11) is 0. The van der Waals surface area contributed by atoms with Crippen molar-refractivity contribution in [2.24, 2.45) is 4.99 Å². The summed E-state index contributed by atoms with van der Waals surface area (Å²) in [4.78, 5) is 39.6. The van der Waals surface area contributed by atoms with Gasteiger partial charge < -0.3 is 4.74 Å². The molecule has 0 unspecified atom stereocenters. The highest BCUT2D eigenvalue weighted by Gasteiger charge is 2.21. The summed E-state index contributed by atoms with van der Waals surface area (Å²) in [6.07, 6.45) is -0.722. The van der Waals surface area contributed by atoms with E-state index in [1.807, 2.05) is 0 Å². The molecule has 138 valence electrons. The fourth-order valence-corrected chi connectivity index (χ4v) is 2.59. The number of nitro benzene ring substituents is 1. The first kappa shape index (κ1) is 18.1. The van der Waals surface area contributed by atoms with Gasteiger partial charge in [-0.25, -0.2) is 4.79 Å². The van der Waals surface area contributed by atoms with Gasteiger partial charge in [-0.3, -0.25) is 30.1 Å². The maximum Gasteiger partial charge on any atom is 0.417 e. The van der Waals surface area contributed by atoms with Crippen molar-refractivity contribution < 1.29 is 19.2 Å². The van der Waals surface area contributed by atoms with Crippen LogP contribution in [0.25, 0.3) is 0 Å². The highest BCUT2D eigenvalue weighted by atomic mass is 16.6. The van der Waals surface area contributed by atoms with Crippen LogP contribution in [0.1, 0.15) is 12.5 Å². The quantitative estimate of drug-likeness (QED) is 0.658. The summed E-state index contributed by atoms with van der Waals surface area (Å²) in [5.41, 5.74) is 1.06. The van der Waals surface area contributed by atoms with Gasteiger partial charge in [0.05, 0.1) is 11.5 Å². The fraction of sp³-hybridized carbons (Fsp3) is 0.167. The van der Waals surface area contributed by atoms with E-state index >= 15 is 0 Å². The number of anilines is 1. The molecule has 0 saturated heterocycles. The number of aliphatic imine (C=N–C) groups is 1. The maximum absolute atomic E-state index is 11.9. The van der Waals surface area contributed by atoms with Crippen LogP contribution in [-0.2, 0) is 4.79 Å². The summed E-state index contributed by atoms with van der Waals surface area (Å²) in [6.45, 7) is 2.60. The van der Waals surface area contributed by atoms with Crippen molar-refractivity contribution in [1.82, 2.24) is 4.90 Å². The van der Waals surface area contributed by atoms with Crippen LogP contribution in [0.4, 0.5) is 16.2 Å². The topological polar surface area (TPSA) is 114 Å². The molecule has 1 aliphatic heterocycles. The van der Waals surface area contributed by atoms with Crippen LogP contribution in [0, 0.1) is 10.1 Å². The molecule has 2 aromatic carbocycles. The van der Waals surface area contributed by atoms with E-state index in [9.17, 15) is 19.7 Å². The van der Waals surface area contributed by atoms with Crippen LogP contribution in [-0.4, -0.2) is 40.7 Å². The Labute approximate surface area is 154 Å². The molecule has 2 aromatic rings. The lowest BCUT2D eigenvalue weighted by atomic mass is 10.2. The average molecular weight is 368 g/mol. The lowest BCUT2D eigenvalue weighted by Crippen LogP contribution is -2.32. The molecule has 9 heteroatoms. The fourth-order valence-electron chi connectivity index (χ4n) is 2.59. The van der Waals surface area contributed by atoms with Gasteiger partial charge >= 0.3 is 6.09 Å². The van der Waals surface area contributed by atoms with Crippen LogP contribution >= 0.6 is 0 Å². The number of non-ortho nitro benzene ring substituents is 1. The van der Waals surface area contributed by atoms with E-state index in [-0.39, 0.29) is 11.6 Å². The molecule has 0 bridgehead atoms. The number of rotatable bonds is 4. The van der Waals surface area contributed by atoms with Gasteiger partial charge in [0, 0.05) is 36.9 Å². The third kappa shape index (κ3) is 4.27. The minimum atomic E-state index is -0.722. The molecule has 0 radical (unpaired) electrons. The molecule has 0 atom stereocenters. The van der Waals surface area contributed by atoms with Gasteiger partial charge in [0.2, 0.25) is 5.91 Å². The van der Waals surface area contributed by atoms with Gasteiger partial charge in [-0.1, -0.05) is 0 Å². The van der Waals surface area contributed by atoms with Crippen molar-refractivity contribution in [3.8, 4) is 5.75 Å². The SMILES string of the molecule is CC(=O)N1CCN=C1c1ccc(OC(=O)Nc2ccc([N+](=O)[O-])cc2)cc1. The van der Waals surface area contributed by atoms with E-state index in [0.29, 0.717) is 30.4 Å². The number of hydrogen-bond acceptors (Lipinski definition) is 6. The second-order valence-electron chi connectivity index (χ2n) is 5.72. The van der Waals surface area contributed by atoms with Crippen LogP contribution in [0.2, 0.25) is 0 Å². The predicted molar refractivity (Wildman–Crippen MR) is 98.0 cm³/mol. The largest absolute Gasteiger partial charge is 0.417 e. The van der Waals surface area contributed by atoms with E-state index in [2.05, 4.69) is 10.3 Å². The molecular weight excluding hydrogens is 352 g/mol. The van der Waals surface area contributed by atoms with Crippen LogP contribution in [0.3, 0.4) is 0 Å². The zero-order valence-electron chi connectivity index (χ0n) is 14.4. The standard InChI is InChI=1S/C18H16N4O5/c1-12(23)21-11-10-19-17(21)13-2-8-16(9-3-13)27-18(24)20-14-4-6-15(7-5-14)22(25)26/h2-9H,10-11H2,1H3,(H,20,24). The minimum Gasteiger partial charge on any atom is -0.410 e. The molecule has 0 saturated carbocycles. The lowest BCUT2D eigenvalue weighted by molar-refractivity contribution is -0.384. The third-order valence-electron chi connectivity index (χ3n) is 3.87. The average Bonchev–Trinajstić information content (AvgIpc) is 3.13. The smallest absolute Gasteiger partial charge is 0.410 e. The molecule has 9 nitrogen and oxygen atoms in total. The summed E-state index contributed by atoms with van der Waals surface area (Å²) < 4.78 is 5.18. The van der Waals surface area contributed by atoms with Crippen molar-refractivity contribution in [2.45, 2.75) is 6.92 Å². The first-order valence-corrected chi connectivity index (χ1v) is 8.10. The van der Waals surface area contributed by atoms with E-state index in [0.717, 1.165) is 5.56 Å². The first-order chi connectivity index (χ1) is 12.9. The van der Waals surface area contributed by atoms with Crippen LogP contribution in [0.15, 0.2) is 53.5 Å². The Balaban J connectivity index is 1.62. The number of benzene rings is 2. The van der Waals surface area contributed by atoms with E-state index in [4.69, 9.17) is 4.74 Å². The number of amides is 2. The van der Waals surface area contributed by atoms with E-state index < -0.39 is 11.0 Å². The van der Waals surface area contributed by atoms with Crippen molar-refractivity contribution in [2.75, 3.05) is 18.4 Å². The Kier molecular flexibility index (Phi) is 5.11. The molecule has 1 heterocycles. The van der Waals surface area contributed by atoms with Crippen LogP contribution < -0.4 is 10.1 Å². The number of ether oxygens (including phenoxy) is 1. The highest BCUT2D eigenvalue weighted by molar-refractivity contribution is 6.08. The second-order valence-corrected chi connectivity index (χ2v) is 5.72. The first-order valence-electron chi connectivity index (χ1n) is 8.10. The number of nitrogens with zero attached hydrogens (tertiary/aromatic N) is 3. The zero-order chi connectivity index (χ0) is 19.4. The Morgan fingerprint density at radius 3 is 2.41 bits per heavy atom. The van der Waals surface area contributed by atoms with Gasteiger partial charge in [-0.2, -0.15) is 0 Å². The monoisotopic (exact) mass is 368 g/mol. The van der Waals surface area contributed by atoms with Crippen LogP contribution in [0.5, 0.6) is 5.75 Å². The summed E-state index contributed by atoms with van der Waals surface area (Å²) in [5, 5.41) is 13.1. The predicted octanol–water partition coefficient (Wildman–Crippen LogP) is 2.81. The Morgan fingerprint density at radius 2 is 1.81 bits per heavy atom. The van der Waals surface area contributed by atoms with E-state index in [1.165, 1.54) is 31.2 Å². The number of carbonyl (C=O) groups excluding carboxylic acids is 2. The van der Waals surface area contributed by atoms with Gasteiger partial charge in [-0.15, -0.1) is 0 Å². The molecule has 1 aliphatic rings. The second kappa shape index (κ2) is 7.65. The lowest BCUT2D eigenvalue weighted by Gasteiger charge is -2.16. The number of hydrogen-bond donors (Lipinski definition) is 1.